The fourth-order valence-electron chi connectivity index (χ4n) is 3.69. The number of ether oxygens (including phenoxy) is 1. The van der Waals surface area contributed by atoms with Crippen LogP contribution in [0.5, 0.6) is 5.75 Å². The first-order valence-corrected chi connectivity index (χ1v) is 10.1. The number of carbonyl (C=O) groups excluding carboxylic acids is 1. The lowest BCUT2D eigenvalue weighted by atomic mass is 9.95. The third kappa shape index (κ3) is 4.31. The van der Waals surface area contributed by atoms with Crippen LogP contribution in [0, 0.1) is 5.92 Å². The Morgan fingerprint density at radius 2 is 1.97 bits per heavy atom. The van der Waals surface area contributed by atoms with Crippen molar-refractivity contribution in [3.8, 4) is 5.75 Å². The summed E-state index contributed by atoms with van der Waals surface area (Å²) in [6, 6.07) is 11.7. The van der Waals surface area contributed by atoms with Crippen LogP contribution in [-0.4, -0.2) is 45.4 Å². The van der Waals surface area contributed by atoms with Crippen LogP contribution < -0.4 is 15.0 Å². The van der Waals surface area contributed by atoms with Gasteiger partial charge in [-0.3, -0.25) is 4.79 Å². The Morgan fingerprint density at radius 1 is 1.21 bits per heavy atom. The fourth-order valence-corrected chi connectivity index (χ4v) is 3.69. The number of anilines is 1. The lowest BCUT2D eigenvalue weighted by Gasteiger charge is -2.32. The summed E-state index contributed by atoms with van der Waals surface area (Å²) in [6.07, 6.45) is 3.22. The Balaban J connectivity index is 1.31. The number of nitrogens with zero attached hydrogens (tertiary/aromatic N) is 5. The van der Waals surface area contributed by atoms with Crippen molar-refractivity contribution in [1.82, 2.24) is 25.1 Å². The number of benzene rings is 1. The number of aromatic nitrogens is 4. The molecule has 8 heteroatoms. The van der Waals surface area contributed by atoms with E-state index in [9.17, 15) is 4.79 Å². The van der Waals surface area contributed by atoms with Gasteiger partial charge < -0.3 is 15.0 Å². The van der Waals surface area contributed by atoms with E-state index < -0.39 is 0 Å². The van der Waals surface area contributed by atoms with Crippen molar-refractivity contribution in [2.75, 3.05) is 24.6 Å². The van der Waals surface area contributed by atoms with Crippen LogP contribution in [0.15, 0.2) is 42.7 Å². The first-order chi connectivity index (χ1) is 14.1. The summed E-state index contributed by atoms with van der Waals surface area (Å²) in [5.41, 5.74) is 1.80. The van der Waals surface area contributed by atoms with Gasteiger partial charge in [0.1, 0.15) is 17.9 Å². The number of nitrogens with one attached hydrogen (secondary N) is 1. The number of carbonyl (C=O) groups is 1. The minimum atomic E-state index is -0.0333. The number of amides is 1. The van der Waals surface area contributed by atoms with Gasteiger partial charge >= 0.3 is 0 Å². The second kappa shape index (κ2) is 8.46. The molecule has 1 fully saturated rings. The van der Waals surface area contributed by atoms with Gasteiger partial charge in [0, 0.05) is 19.0 Å². The maximum absolute atomic E-state index is 12.7. The van der Waals surface area contributed by atoms with E-state index in [1.807, 2.05) is 50.2 Å². The van der Waals surface area contributed by atoms with Gasteiger partial charge in [-0.25, -0.2) is 0 Å². The molecule has 0 aliphatic carbocycles. The molecule has 152 valence electrons. The zero-order valence-corrected chi connectivity index (χ0v) is 16.8. The van der Waals surface area contributed by atoms with Crippen molar-refractivity contribution in [3.05, 3.63) is 48.3 Å². The predicted octanol–water partition coefficient (Wildman–Crippen LogP) is 2.62. The Bertz CT molecular complexity index is 963. The number of hydrogen-bond donors (Lipinski definition) is 1. The van der Waals surface area contributed by atoms with E-state index in [1.54, 1.807) is 10.8 Å². The van der Waals surface area contributed by atoms with Crippen molar-refractivity contribution in [2.24, 2.45) is 5.92 Å². The van der Waals surface area contributed by atoms with Crippen molar-refractivity contribution in [1.29, 1.82) is 0 Å². The SMILES string of the molecule is CCOc1ccc(C(C)NC(=O)C2CCN(c3ccc4nncn4n3)CC2)cc1. The molecule has 1 saturated heterocycles. The van der Waals surface area contributed by atoms with Crippen molar-refractivity contribution >= 4 is 17.4 Å². The van der Waals surface area contributed by atoms with Crippen LogP contribution >= 0.6 is 0 Å². The number of piperidine rings is 1. The van der Waals surface area contributed by atoms with Crippen LogP contribution in [0.1, 0.15) is 38.3 Å². The smallest absolute Gasteiger partial charge is 0.223 e. The molecule has 1 amide bonds. The summed E-state index contributed by atoms with van der Waals surface area (Å²) >= 11 is 0. The van der Waals surface area contributed by atoms with E-state index in [1.165, 1.54) is 0 Å². The Labute approximate surface area is 169 Å². The normalized spacial score (nSPS) is 16.0. The van der Waals surface area contributed by atoms with Gasteiger partial charge in [0.25, 0.3) is 0 Å². The molecule has 1 N–H and O–H groups in total. The molecule has 1 unspecified atom stereocenters. The third-order valence-electron chi connectivity index (χ3n) is 5.39. The molecule has 0 radical (unpaired) electrons. The van der Waals surface area contributed by atoms with Gasteiger partial charge in [0.2, 0.25) is 5.91 Å². The highest BCUT2D eigenvalue weighted by molar-refractivity contribution is 5.79. The van der Waals surface area contributed by atoms with E-state index in [-0.39, 0.29) is 17.9 Å². The largest absolute Gasteiger partial charge is 0.494 e. The van der Waals surface area contributed by atoms with Gasteiger partial charge in [-0.05, 0) is 56.5 Å². The van der Waals surface area contributed by atoms with Gasteiger partial charge in [-0.15, -0.1) is 15.3 Å². The molecule has 3 heterocycles. The van der Waals surface area contributed by atoms with Crippen molar-refractivity contribution < 1.29 is 9.53 Å². The molecular formula is C21H26N6O2. The standard InChI is InChI=1S/C21H26N6O2/c1-3-29-18-6-4-16(5-7-18)15(2)23-21(28)17-10-12-26(13-11-17)20-9-8-19-24-22-14-27(19)25-20/h4-9,14-15,17H,3,10-13H2,1-2H3,(H,23,28). The molecular weight excluding hydrogens is 368 g/mol. The summed E-state index contributed by atoms with van der Waals surface area (Å²) in [7, 11) is 0. The Kier molecular flexibility index (Phi) is 5.59. The molecule has 1 aliphatic rings. The molecule has 3 aromatic rings. The molecule has 0 bridgehead atoms. The quantitative estimate of drug-likeness (QED) is 0.692. The molecule has 4 rings (SSSR count). The second-order valence-corrected chi connectivity index (χ2v) is 7.32. The third-order valence-corrected chi connectivity index (χ3v) is 5.39. The van der Waals surface area contributed by atoms with Gasteiger partial charge in [0.15, 0.2) is 5.65 Å². The summed E-state index contributed by atoms with van der Waals surface area (Å²) in [6.45, 7) is 6.23. The average Bonchev–Trinajstić information content (AvgIpc) is 3.22. The number of rotatable bonds is 6. The van der Waals surface area contributed by atoms with E-state index in [0.717, 1.165) is 48.7 Å². The van der Waals surface area contributed by atoms with Crippen molar-refractivity contribution in [2.45, 2.75) is 32.7 Å². The van der Waals surface area contributed by atoms with Crippen molar-refractivity contribution in [3.63, 3.8) is 0 Å². The number of hydrogen-bond acceptors (Lipinski definition) is 6. The topological polar surface area (TPSA) is 84.6 Å². The fraction of sp³-hybridized carbons (Fsp3) is 0.429. The maximum atomic E-state index is 12.7. The first-order valence-electron chi connectivity index (χ1n) is 10.1. The molecule has 29 heavy (non-hydrogen) atoms. The zero-order valence-electron chi connectivity index (χ0n) is 16.8. The highest BCUT2D eigenvalue weighted by atomic mass is 16.5. The second-order valence-electron chi connectivity index (χ2n) is 7.32. The lowest BCUT2D eigenvalue weighted by Crippen LogP contribution is -2.41. The summed E-state index contributed by atoms with van der Waals surface area (Å²) in [4.78, 5) is 15.0. The average molecular weight is 394 g/mol. The number of fused-ring (bicyclic) bond motifs is 1. The Morgan fingerprint density at radius 3 is 2.69 bits per heavy atom. The maximum Gasteiger partial charge on any atom is 0.223 e. The van der Waals surface area contributed by atoms with Crippen LogP contribution in [0.3, 0.4) is 0 Å². The predicted molar refractivity (Wildman–Crippen MR) is 110 cm³/mol. The molecule has 2 aromatic heterocycles. The highest BCUT2D eigenvalue weighted by Crippen LogP contribution is 2.24. The molecule has 0 spiro atoms. The van der Waals surface area contributed by atoms with Crippen LogP contribution in [0.4, 0.5) is 5.82 Å². The zero-order chi connectivity index (χ0) is 20.2. The van der Waals surface area contributed by atoms with E-state index in [0.29, 0.717) is 6.61 Å². The van der Waals surface area contributed by atoms with Gasteiger partial charge in [-0.1, -0.05) is 12.1 Å². The molecule has 0 saturated carbocycles. The minimum Gasteiger partial charge on any atom is -0.494 e. The van der Waals surface area contributed by atoms with E-state index in [2.05, 4.69) is 25.5 Å². The van der Waals surface area contributed by atoms with Crippen LogP contribution in [-0.2, 0) is 4.79 Å². The minimum absolute atomic E-state index is 0.0232. The molecule has 1 aliphatic heterocycles. The lowest BCUT2D eigenvalue weighted by molar-refractivity contribution is -0.126. The molecule has 1 atom stereocenters. The molecule has 8 nitrogen and oxygen atoms in total. The summed E-state index contributed by atoms with van der Waals surface area (Å²) in [5.74, 6) is 1.88. The van der Waals surface area contributed by atoms with Gasteiger partial charge in [-0.2, -0.15) is 4.52 Å². The van der Waals surface area contributed by atoms with Gasteiger partial charge in [0.05, 0.1) is 12.6 Å². The first kappa shape index (κ1) is 19.2. The van der Waals surface area contributed by atoms with E-state index in [4.69, 9.17) is 4.74 Å². The Hall–Kier alpha value is -3.16. The summed E-state index contributed by atoms with van der Waals surface area (Å²) in [5, 5.41) is 15.5. The monoisotopic (exact) mass is 394 g/mol. The molecule has 1 aromatic carbocycles. The highest BCUT2D eigenvalue weighted by Gasteiger charge is 2.26. The summed E-state index contributed by atoms with van der Waals surface area (Å²) < 4.78 is 7.15. The van der Waals surface area contributed by atoms with E-state index >= 15 is 0 Å². The van der Waals surface area contributed by atoms with Crippen LogP contribution in [0.25, 0.3) is 5.65 Å². The van der Waals surface area contributed by atoms with Crippen LogP contribution in [0.2, 0.25) is 0 Å².